The van der Waals surface area contributed by atoms with Crippen molar-refractivity contribution in [2.24, 2.45) is 0 Å². The van der Waals surface area contributed by atoms with Crippen LogP contribution in [0.3, 0.4) is 0 Å². The van der Waals surface area contributed by atoms with E-state index in [1.165, 1.54) is 88.7 Å². The molecule has 236 valence electrons. The molecule has 7 aromatic rings. The predicted octanol–water partition coefficient (Wildman–Crippen LogP) is 13.7. The smallest absolute Gasteiger partial charge is 0.0493 e. The topological polar surface area (TPSA) is 3.24 Å². The third-order valence-electron chi connectivity index (χ3n) is 10.2. The first-order chi connectivity index (χ1) is 22.9. The molecule has 0 aromatic heterocycles. The maximum atomic E-state index is 2.46. The molecule has 7 aromatic carbocycles. The van der Waals surface area contributed by atoms with Gasteiger partial charge in [0.05, 0.1) is 0 Å². The summed E-state index contributed by atoms with van der Waals surface area (Å²) in [5.74, 6) is 0. The van der Waals surface area contributed by atoms with E-state index in [0.717, 1.165) is 0 Å². The molecule has 0 fully saturated rings. The molecule has 0 spiro atoms. The van der Waals surface area contributed by atoms with Gasteiger partial charge in [0, 0.05) is 17.1 Å². The number of fused-ring (bicyclic) bond motifs is 6. The zero-order valence-corrected chi connectivity index (χ0v) is 29.1. The van der Waals surface area contributed by atoms with Crippen molar-refractivity contribution in [3.63, 3.8) is 0 Å². The van der Waals surface area contributed by atoms with E-state index in [1.807, 2.05) is 0 Å². The van der Waals surface area contributed by atoms with Gasteiger partial charge in [0.15, 0.2) is 0 Å². The molecule has 0 N–H and O–H groups in total. The summed E-state index contributed by atoms with van der Waals surface area (Å²) >= 11 is 0. The molecule has 0 aliphatic heterocycles. The Morgan fingerprint density at radius 3 is 1.60 bits per heavy atom. The molecule has 0 saturated heterocycles. The van der Waals surface area contributed by atoms with Gasteiger partial charge >= 0.3 is 0 Å². The van der Waals surface area contributed by atoms with E-state index >= 15 is 0 Å². The molecule has 1 heteroatoms. The van der Waals surface area contributed by atoms with Gasteiger partial charge in [-0.1, -0.05) is 114 Å². The van der Waals surface area contributed by atoms with Crippen LogP contribution in [0.25, 0.3) is 54.9 Å². The van der Waals surface area contributed by atoms with Crippen LogP contribution >= 0.6 is 0 Å². The van der Waals surface area contributed by atoms with Crippen LogP contribution < -0.4 is 4.90 Å². The molecule has 0 saturated carbocycles. The Bertz CT molecular complexity index is 2360. The molecule has 1 aliphatic carbocycles. The van der Waals surface area contributed by atoms with Crippen LogP contribution in [0.15, 0.2) is 133 Å². The van der Waals surface area contributed by atoms with Crippen LogP contribution in [0.4, 0.5) is 17.1 Å². The Balaban J connectivity index is 1.26. The summed E-state index contributed by atoms with van der Waals surface area (Å²) in [6.45, 7) is 16.0. The van der Waals surface area contributed by atoms with Crippen molar-refractivity contribution in [2.75, 3.05) is 4.90 Å². The molecule has 8 rings (SSSR count). The minimum atomic E-state index is 0.0481. The second-order valence-corrected chi connectivity index (χ2v) is 15.6. The standard InChI is InChI=1S/C47H43N/c1-30-16-20-38(47(5,6)7)29-45(30)48(39-15-11-14-37(28-39)46(2,3)4)40-21-19-34-25-42-41-24-33-18-17-32(31-12-9-8-10-13-31)22-35(33)26-43(41)44(42)27-36(34)23-40/h8-29H,1-7H3. The van der Waals surface area contributed by atoms with Gasteiger partial charge in [-0.2, -0.15) is 0 Å². The second-order valence-electron chi connectivity index (χ2n) is 15.6. The van der Waals surface area contributed by atoms with Crippen LogP contribution in [-0.2, 0) is 10.8 Å². The lowest BCUT2D eigenvalue weighted by molar-refractivity contribution is 0.590. The van der Waals surface area contributed by atoms with Crippen LogP contribution in [0.5, 0.6) is 0 Å². The molecule has 0 unspecified atom stereocenters. The SMILES string of the molecule is Cc1ccc(C(C)(C)C)cc1N(c1cccc(C(C)(C)C)c1)c1ccc2cc3c(cc2c1)-c1cc2cc(-c4ccccc4)ccc2cc1-3. The molecular formula is C47H43N. The van der Waals surface area contributed by atoms with Gasteiger partial charge in [0.25, 0.3) is 0 Å². The summed E-state index contributed by atoms with van der Waals surface area (Å²) < 4.78 is 0. The zero-order valence-electron chi connectivity index (χ0n) is 29.1. The summed E-state index contributed by atoms with van der Waals surface area (Å²) in [4.78, 5) is 2.46. The largest absolute Gasteiger partial charge is 0.310 e. The zero-order chi connectivity index (χ0) is 33.4. The van der Waals surface area contributed by atoms with Crippen molar-refractivity contribution < 1.29 is 0 Å². The van der Waals surface area contributed by atoms with Crippen molar-refractivity contribution in [2.45, 2.75) is 59.3 Å². The highest BCUT2D eigenvalue weighted by Gasteiger charge is 2.25. The first-order valence-electron chi connectivity index (χ1n) is 17.2. The first-order valence-corrected chi connectivity index (χ1v) is 17.2. The molecule has 48 heavy (non-hydrogen) atoms. The fourth-order valence-electron chi connectivity index (χ4n) is 7.22. The van der Waals surface area contributed by atoms with Gasteiger partial charge in [-0.15, -0.1) is 0 Å². The van der Waals surface area contributed by atoms with E-state index in [1.54, 1.807) is 0 Å². The Hall–Kier alpha value is -5.14. The molecule has 0 bridgehead atoms. The quantitative estimate of drug-likeness (QED) is 0.189. The van der Waals surface area contributed by atoms with Gasteiger partial charge in [-0.05, 0) is 150 Å². The Morgan fingerprint density at radius 2 is 0.958 bits per heavy atom. The molecule has 0 atom stereocenters. The van der Waals surface area contributed by atoms with Crippen LogP contribution in [0.1, 0.15) is 58.2 Å². The highest BCUT2D eigenvalue weighted by molar-refractivity contribution is 6.12. The molecule has 0 radical (unpaired) electrons. The fourth-order valence-corrected chi connectivity index (χ4v) is 7.22. The average molecular weight is 622 g/mol. The van der Waals surface area contributed by atoms with Crippen molar-refractivity contribution in [1.29, 1.82) is 0 Å². The third-order valence-corrected chi connectivity index (χ3v) is 10.2. The van der Waals surface area contributed by atoms with Crippen LogP contribution in [-0.4, -0.2) is 0 Å². The van der Waals surface area contributed by atoms with Crippen molar-refractivity contribution in [1.82, 2.24) is 0 Å². The third kappa shape index (κ3) is 5.19. The van der Waals surface area contributed by atoms with E-state index in [0.29, 0.717) is 0 Å². The number of benzene rings is 7. The van der Waals surface area contributed by atoms with E-state index in [9.17, 15) is 0 Å². The molecule has 0 heterocycles. The Kier molecular flexibility index (Phi) is 6.90. The molecule has 1 aliphatic rings. The lowest BCUT2D eigenvalue weighted by atomic mass is 9.77. The highest BCUT2D eigenvalue weighted by atomic mass is 15.1. The number of nitrogens with zero attached hydrogens (tertiary/aromatic N) is 1. The van der Waals surface area contributed by atoms with E-state index < -0.39 is 0 Å². The number of rotatable bonds is 4. The minimum absolute atomic E-state index is 0.0481. The van der Waals surface area contributed by atoms with Crippen molar-refractivity contribution >= 4 is 38.6 Å². The normalized spacial score (nSPS) is 12.5. The second kappa shape index (κ2) is 11.0. The number of anilines is 3. The van der Waals surface area contributed by atoms with E-state index in [4.69, 9.17) is 0 Å². The molecule has 1 nitrogen and oxygen atoms in total. The number of aryl methyl sites for hydroxylation is 1. The molecule has 0 amide bonds. The van der Waals surface area contributed by atoms with Gasteiger partial charge in [-0.3, -0.25) is 0 Å². The predicted molar refractivity (Wildman–Crippen MR) is 208 cm³/mol. The van der Waals surface area contributed by atoms with Crippen molar-refractivity contribution in [3.8, 4) is 33.4 Å². The minimum Gasteiger partial charge on any atom is -0.310 e. The molecular weight excluding hydrogens is 579 g/mol. The van der Waals surface area contributed by atoms with E-state index in [-0.39, 0.29) is 10.8 Å². The summed E-state index contributed by atoms with van der Waals surface area (Å²) in [5.41, 5.74) is 15.5. The highest BCUT2D eigenvalue weighted by Crippen LogP contribution is 2.51. The maximum absolute atomic E-state index is 2.46. The van der Waals surface area contributed by atoms with Gasteiger partial charge in [-0.25, -0.2) is 0 Å². The number of hydrogen-bond donors (Lipinski definition) is 0. The Labute approximate surface area is 285 Å². The van der Waals surface area contributed by atoms with Gasteiger partial charge in [0.1, 0.15) is 0 Å². The van der Waals surface area contributed by atoms with Crippen LogP contribution in [0.2, 0.25) is 0 Å². The summed E-state index contributed by atoms with van der Waals surface area (Å²) in [6, 6.07) is 50.1. The number of hydrogen-bond acceptors (Lipinski definition) is 1. The van der Waals surface area contributed by atoms with E-state index in [2.05, 4.69) is 187 Å². The van der Waals surface area contributed by atoms with Gasteiger partial charge < -0.3 is 4.90 Å². The monoisotopic (exact) mass is 621 g/mol. The van der Waals surface area contributed by atoms with Crippen molar-refractivity contribution in [3.05, 3.63) is 150 Å². The van der Waals surface area contributed by atoms with Crippen LogP contribution in [0, 0.1) is 6.92 Å². The lowest BCUT2D eigenvalue weighted by Crippen LogP contribution is -2.17. The van der Waals surface area contributed by atoms with Gasteiger partial charge in [0.2, 0.25) is 0 Å². The summed E-state index contributed by atoms with van der Waals surface area (Å²) in [6.07, 6.45) is 0. The first kappa shape index (κ1) is 30.2. The fraction of sp³-hybridized carbons (Fsp3) is 0.191. The maximum Gasteiger partial charge on any atom is 0.0493 e. The Morgan fingerprint density at radius 1 is 0.396 bits per heavy atom. The lowest BCUT2D eigenvalue weighted by Gasteiger charge is -2.31. The summed E-state index contributed by atoms with van der Waals surface area (Å²) in [7, 11) is 0. The summed E-state index contributed by atoms with van der Waals surface area (Å²) in [5, 5.41) is 5.10. The average Bonchev–Trinajstić information content (AvgIpc) is 3.07.